The molecule has 0 radical (unpaired) electrons. The van der Waals surface area contributed by atoms with E-state index in [0.717, 1.165) is 22.5 Å². The van der Waals surface area contributed by atoms with Crippen LogP contribution in [0.4, 0.5) is 11.4 Å². The van der Waals surface area contributed by atoms with E-state index < -0.39 is 0 Å². The van der Waals surface area contributed by atoms with Gasteiger partial charge in [0.05, 0.1) is 0 Å². The number of benzene rings is 3. The fourth-order valence-corrected chi connectivity index (χ4v) is 2.53. The number of hydrogen-bond donors (Lipinski definition) is 2. The normalized spacial score (nSPS) is 10.2. The smallest absolute Gasteiger partial charge is 0.262 e. The van der Waals surface area contributed by atoms with Gasteiger partial charge in [0.2, 0.25) is 0 Å². The van der Waals surface area contributed by atoms with Gasteiger partial charge in [0.25, 0.3) is 11.8 Å². The zero-order valence-corrected chi connectivity index (χ0v) is 15.9. The molecule has 0 saturated heterocycles. The molecule has 0 aliphatic carbocycles. The largest absolute Gasteiger partial charge is 0.484 e. The average Bonchev–Trinajstić information content (AvgIpc) is 2.70. The second-order valence-corrected chi connectivity index (χ2v) is 6.55. The van der Waals surface area contributed by atoms with E-state index >= 15 is 0 Å². The maximum Gasteiger partial charge on any atom is 0.262 e. The second kappa shape index (κ2) is 8.86. The Bertz CT molecular complexity index is 947. The third kappa shape index (κ3) is 5.45. The summed E-state index contributed by atoms with van der Waals surface area (Å²) in [6, 6.07) is 21.8. The van der Waals surface area contributed by atoms with Crippen LogP contribution in [0.5, 0.6) is 5.75 Å². The topological polar surface area (TPSA) is 67.4 Å². The summed E-state index contributed by atoms with van der Waals surface area (Å²) < 4.78 is 5.49. The lowest BCUT2D eigenvalue weighted by molar-refractivity contribution is -0.118. The Labute approximate surface area is 164 Å². The molecule has 2 N–H and O–H groups in total. The molecule has 0 aliphatic heterocycles. The summed E-state index contributed by atoms with van der Waals surface area (Å²) in [7, 11) is 0. The predicted molar refractivity (Wildman–Crippen MR) is 111 cm³/mol. The zero-order chi connectivity index (χ0) is 19.9. The third-order valence-corrected chi connectivity index (χ3v) is 4.13. The average molecular weight is 374 g/mol. The quantitative estimate of drug-likeness (QED) is 0.664. The van der Waals surface area contributed by atoms with Gasteiger partial charge >= 0.3 is 0 Å². The van der Waals surface area contributed by atoms with Gasteiger partial charge in [-0.3, -0.25) is 9.59 Å². The van der Waals surface area contributed by atoms with Crippen molar-refractivity contribution in [3.05, 3.63) is 89.5 Å². The van der Waals surface area contributed by atoms with E-state index in [1.807, 2.05) is 62.4 Å². The van der Waals surface area contributed by atoms with Crippen LogP contribution in [0.15, 0.2) is 72.8 Å². The van der Waals surface area contributed by atoms with Crippen LogP contribution >= 0.6 is 0 Å². The number of carbonyl (C=O) groups is 2. The molecule has 0 atom stereocenters. The minimum Gasteiger partial charge on any atom is -0.484 e. The van der Waals surface area contributed by atoms with E-state index in [1.165, 1.54) is 0 Å². The van der Waals surface area contributed by atoms with Crippen molar-refractivity contribution in [2.45, 2.75) is 13.8 Å². The first-order valence-corrected chi connectivity index (χ1v) is 8.97. The van der Waals surface area contributed by atoms with Crippen molar-refractivity contribution < 1.29 is 14.3 Å². The van der Waals surface area contributed by atoms with Gasteiger partial charge in [-0.15, -0.1) is 0 Å². The van der Waals surface area contributed by atoms with Crippen LogP contribution < -0.4 is 15.4 Å². The monoisotopic (exact) mass is 374 g/mol. The lowest BCUT2D eigenvalue weighted by Gasteiger charge is -2.09. The fraction of sp³-hybridized carbons (Fsp3) is 0.130. The van der Waals surface area contributed by atoms with Gasteiger partial charge in [0.15, 0.2) is 6.61 Å². The minimum absolute atomic E-state index is 0.108. The van der Waals surface area contributed by atoms with Crippen LogP contribution in [0.1, 0.15) is 21.5 Å². The Hall–Kier alpha value is -3.60. The standard InChI is InChI=1S/C23H22N2O3/c1-16-3-9-19(10-4-16)24-22(26)15-28-21-13-7-18(8-14-21)23(27)25-20-11-5-17(2)6-12-20/h3-14H,15H2,1-2H3,(H,24,26)(H,25,27). The third-order valence-electron chi connectivity index (χ3n) is 4.13. The van der Waals surface area contributed by atoms with Gasteiger partial charge in [-0.1, -0.05) is 35.4 Å². The number of nitrogens with one attached hydrogen (secondary N) is 2. The fourth-order valence-electron chi connectivity index (χ4n) is 2.53. The molecule has 0 spiro atoms. The number of hydrogen-bond acceptors (Lipinski definition) is 3. The highest BCUT2D eigenvalue weighted by molar-refractivity contribution is 6.04. The van der Waals surface area contributed by atoms with Gasteiger partial charge in [-0.05, 0) is 62.4 Å². The Morgan fingerprint density at radius 1 is 0.714 bits per heavy atom. The van der Waals surface area contributed by atoms with E-state index in [-0.39, 0.29) is 18.4 Å². The highest BCUT2D eigenvalue weighted by Crippen LogP contribution is 2.15. The van der Waals surface area contributed by atoms with Crippen molar-refractivity contribution in [2.24, 2.45) is 0 Å². The van der Waals surface area contributed by atoms with Gasteiger partial charge in [0.1, 0.15) is 5.75 Å². The Balaban J connectivity index is 1.50. The van der Waals surface area contributed by atoms with Crippen LogP contribution in [0.25, 0.3) is 0 Å². The molecule has 3 aromatic carbocycles. The maximum absolute atomic E-state index is 12.3. The Kier molecular flexibility index (Phi) is 6.07. The van der Waals surface area contributed by atoms with Crippen LogP contribution in [0.2, 0.25) is 0 Å². The molecule has 0 aliphatic rings. The van der Waals surface area contributed by atoms with E-state index in [0.29, 0.717) is 11.3 Å². The maximum atomic E-state index is 12.3. The van der Waals surface area contributed by atoms with Crippen molar-refractivity contribution in [3.8, 4) is 5.75 Å². The molecule has 3 aromatic rings. The first-order valence-electron chi connectivity index (χ1n) is 8.97. The van der Waals surface area contributed by atoms with Gasteiger partial charge in [-0.25, -0.2) is 0 Å². The molecule has 2 amide bonds. The summed E-state index contributed by atoms with van der Waals surface area (Å²) >= 11 is 0. The molecule has 5 heteroatoms. The number of ether oxygens (including phenoxy) is 1. The molecule has 0 unspecified atom stereocenters. The molecular weight excluding hydrogens is 352 g/mol. The molecule has 28 heavy (non-hydrogen) atoms. The van der Waals surface area contributed by atoms with Crippen molar-refractivity contribution in [2.75, 3.05) is 17.2 Å². The van der Waals surface area contributed by atoms with E-state index in [4.69, 9.17) is 4.74 Å². The Morgan fingerprint density at radius 3 is 1.75 bits per heavy atom. The zero-order valence-electron chi connectivity index (χ0n) is 15.9. The summed E-state index contributed by atoms with van der Waals surface area (Å²) in [6.07, 6.45) is 0. The molecule has 142 valence electrons. The minimum atomic E-state index is -0.245. The number of aryl methyl sites for hydroxylation is 2. The van der Waals surface area contributed by atoms with Gasteiger partial charge < -0.3 is 15.4 Å². The van der Waals surface area contributed by atoms with Crippen molar-refractivity contribution in [1.29, 1.82) is 0 Å². The van der Waals surface area contributed by atoms with Crippen LogP contribution in [-0.4, -0.2) is 18.4 Å². The number of rotatable bonds is 6. The van der Waals surface area contributed by atoms with E-state index in [2.05, 4.69) is 10.6 Å². The molecular formula is C23H22N2O3. The summed E-state index contributed by atoms with van der Waals surface area (Å²) in [5.74, 6) is 0.0727. The lowest BCUT2D eigenvalue weighted by atomic mass is 10.2. The SMILES string of the molecule is Cc1ccc(NC(=O)COc2ccc(C(=O)Nc3ccc(C)cc3)cc2)cc1. The summed E-state index contributed by atoms with van der Waals surface area (Å²) in [5, 5.41) is 5.61. The summed E-state index contributed by atoms with van der Waals surface area (Å²) in [5.41, 5.74) is 4.23. The number of carbonyl (C=O) groups excluding carboxylic acids is 2. The van der Waals surface area contributed by atoms with Gasteiger partial charge in [0, 0.05) is 16.9 Å². The number of amides is 2. The van der Waals surface area contributed by atoms with Crippen molar-refractivity contribution in [3.63, 3.8) is 0 Å². The lowest BCUT2D eigenvalue weighted by Crippen LogP contribution is -2.20. The van der Waals surface area contributed by atoms with E-state index in [1.54, 1.807) is 24.3 Å². The first kappa shape index (κ1) is 19.2. The molecule has 0 saturated carbocycles. The highest BCUT2D eigenvalue weighted by atomic mass is 16.5. The van der Waals surface area contributed by atoms with Gasteiger partial charge in [-0.2, -0.15) is 0 Å². The van der Waals surface area contributed by atoms with Crippen LogP contribution in [0, 0.1) is 13.8 Å². The highest BCUT2D eigenvalue weighted by Gasteiger charge is 2.08. The molecule has 0 bridgehead atoms. The predicted octanol–water partition coefficient (Wildman–Crippen LogP) is 4.57. The van der Waals surface area contributed by atoms with Crippen molar-refractivity contribution in [1.82, 2.24) is 0 Å². The van der Waals surface area contributed by atoms with Crippen LogP contribution in [-0.2, 0) is 4.79 Å². The summed E-state index contributed by atoms with van der Waals surface area (Å²) in [4.78, 5) is 24.3. The summed E-state index contributed by atoms with van der Waals surface area (Å²) in [6.45, 7) is 3.87. The first-order chi connectivity index (χ1) is 13.5. The van der Waals surface area contributed by atoms with Crippen LogP contribution in [0.3, 0.4) is 0 Å². The van der Waals surface area contributed by atoms with Crippen molar-refractivity contribution >= 4 is 23.2 Å². The molecule has 0 fully saturated rings. The number of anilines is 2. The molecule has 0 heterocycles. The second-order valence-electron chi connectivity index (χ2n) is 6.55. The Morgan fingerprint density at radius 2 is 1.21 bits per heavy atom. The van der Waals surface area contributed by atoms with E-state index in [9.17, 15) is 9.59 Å². The molecule has 0 aromatic heterocycles. The molecule has 3 rings (SSSR count). The molecule has 5 nitrogen and oxygen atoms in total.